The van der Waals surface area contributed by atoms with Gasteiger partial charge in [-0.3, -0.25) is 0 Å². The van der Waals surface area contributed by atoms with Crippen LogP contribution in [0.1, 0.15) is 5.56 Å². The Hall–Kier alpha value is -1.71. The minimum absolute atomic E-state index is 0.105. The van der Waals surface area contributed by atoms with Gasteiger partial charge in [-0.1, -0.05) is 6.07 Å². The zero-order chi connectivity index (χ0) is 17.9. The van der Waals surface area contributed by atoms with E-state index in [0.717, 1.165) is 6.07 Å². The second kappa shape index (κ2) is 7.45. The molecule has 1 N–H and O–H groups in total. The number of halogens is 3. The van der Waals surface area contributed by atoms with Crippen molar-refractivity contribution in [3.63, 3.8) is 0 Å². The van der Waals surface area contributed by atoms with Gasteiger partial charge in [0.2, 0.25) is 10.0 Å². The van der Waals surface area contributed by atoms with Crippen molar-refractivity contribution in [2.24, 2.45) is 0 Å². The lowest BCUT2D eigenvalue weighted by atomic mass is 10.2. The van der Waals surface area contributed by atoms with Crippen LogP contribution in [0.15, 0.2) is 39.7 Å². The molecule has 2 rings (SSSR count). The summed E-state index contributed by atoms with van der Waals surface area (Å²) in [5, 5.41) is 0. The van der Waals surface area contributed by atoms with Crippen LogP contribution in [0, 0.1) is 11.6 Å². The van der Waals surface area contributed by atoms with Crippen LogP contribution in [0.4, 0.5) is 8.78 Å². The first-order valence-corrected chi connectivity index (χ1v) is 8.91. The summed E-state index contributed by atoms with van der Waals surface area (Å²) >= 11 is 2.87. The fraction of sp³-hybridized carbons (Fsp3) is 0.200. The molecule has 0 saturated carbocycles. The number of benzene rings is 2. The van der Waals surface area contributed by atoms with E-state index in [-0.39, 0.29) is 11.0 Å². The van der Waals surface area contributed by atoms with Crippen LogP contribution in [-0.4, -0.2) is 22.6 Å². The number of hydrogen-bond acceptors (Lipinski definition) is 4. The largest absolute Gasteiger partial charge is 0.493 e. The summed E-state index contributed by atoms with van der Waals surface area (Å²) in [4.78, 5) is -0.649. The van der Waals surface area contributed by atoms with E-state index in [2.05, 4.69) is 20.7 Å². The van der Waals surface area contributed by atoms with Crippen molar-refractivity contribution in [2.45, 2.75) is 11.4 Å². The Labute approximate surface area is 146 Å². The molecule has 0 spiro atoms. The van der Waals surface area contributed by atoms with Gasteiger partial charge in [0.15, 0.2) is 11.5 Å². The first kappa shape index (κ1) is 18.6. The van der Waals surface area contributed by atoms with Gasteiger partial charge >= 0.3 is 0 Å². The van der Waals surface area contributed by atoms with Gasteiger partial charge in [0.25, 0.3) is 0 Å². The number of ether oxygens (including phenoxy) is 2. The zero-order valence-electron chi connectivity index (χ0n) is 12.8. The first-order valence-electron chi connectivity index (χ1n) is 6.63. The summed E-state index contributed by atoms with van der Waals surface area (Å²) in [5.41, 5.74) is 0.579. The molecule has 0 heterocycles. The molecular formula is C15H14BrF2NO4S. The van der Waals surface area contributed by atoms with Gasteiger partial charge in [0.05, 0.1) is 14.2 Å². The molecule has 0 amide bonds. The number of nitrogens with one attached hydrogen (secondary N) is 1. The van der Waals surface area contributed by atoms with Gasteiger partial charge in [-0.25, -0.2) is 21.9 Å². The van der Waals surface area contributed by atoms with Crippen LogP contribution in [-0.2, 0) is 16.6 Å². The Balaban J connectivity index is 2.25. The van der Waals surface area contributed by atoms with E-state index < -0.39 is 26.6 Å². The summed E-state index contributed by atoms with van der Waals surface area (Å²) in [6.45, 7) is -0.105. The van der Waals surface area contributed by atoms with Crippen LogP contribution < -0.4 is 14.2 Å². The molecule has 0 saturated heterocycles. The van der Waals surface area contributed by atoms with Crippen molar-refractivity contribution < 1.29 is 26.7 Å². The maximum Gasteiger partial charge on any atom is 0.244 e. The van der Waals surface area contributed by atoms with Crippen molar-refractivity contribution in [3.05, 3.63) is 52.0 Å². The highest BCUT2D eigenvalue weighted by Gasteiger charge is 2.23. The first-order chi connectivity index (χ1) is 11.3. The van der Waals surface area contributed by atoms with E-state index in [4.69, 9.17) is 9.47 Å². The standard InChI is InChI=1S/C15H14BrF2NO4S/c1-22-13-4-3-9(5-14(13)23-2)8-19-24(20,21)15-11(16)6-10(17)7-12(15)18/h3-7,19H,8H2,1-2H3. The Morgan fingerprint density at radius 2 is 1.75 bits per heavy atom. The van der Waals surface area contributed by atoms with Crippen LogP contribution in [0.3, 0.4) is 0 Å². The Morgan fingerprint density at radius 1 is 1.08 bits per heavy atom. The third-order valence-corrected chi connectivity index (χ3v) is 5.51. The molecule has 0 unspecified atom stereocenters. The zero-order valence-corrected chi connectivity index (χ0v) is 15.2. The number of methoxy groups -OCH3 is 2. The molecule has 2 aromatic rings. The third-order valence-electron chi connectivity index (χ3n) is 3.15. The van der Waals surface area contributed by atoms with Crippen molar-refractivity contribution in [3.8, 4) is 11.5 Å². The van der Waals surface area contributed by atoms with E-state index in [9.17, 15) is 17.2 Å². The molecule has 0 aromatic heterocycles. The van der Waals surface area contributed by atoms with Crippen molar-refractivity contribution >= 4 is 26.0 Å². The predicted molar refractivity (Wildman–Crippen MR) is 87.6 cm³/mol. The molecule has 2 aromatic carbocycles. The second-order valence-electron chi connectivity index (χ2n) is 4.71. The molecule has 0 aliphatic carbocycles. The van der Waals surface area contributed by atoms with E-state index in [1.165, 1.54) is 14.2 Å². The van der Waals surface area contributed by atoms with Crippen LogP contribution >= 0.6 is 15.9 Å². The predicted octanol–water partition coefficient (Wildman–Crippen LogP) is 3.22. The lowest BCUT2D eigenvalue weighted by Gasteiger charge is -2.12. The topological polar surface area (TPSA) is 64.6 Å². The summed E-state index contributed by atoms with van der Waals surface area (Å²) in [7, 11) is -1.25. The Morgan fingerprint density at radius 3 is 2.33 bits per heavy atom. The summed E-state index contributed by atoms with van der Waals surface area (Å²) < 4.78 is 63.8. The van der Waals surface area contributed by atoms with Crippen molar-refractivity contribution in [1.29, 1.82) is 0 Å². The third kappa shape index (κ3) is 4.03. The van der Waals surface area contributed by atoms with E-state index in [1.54, 1.807) is 18.2 Å². The summed E-state index contributed by atoms with van der Waals surface area (Å²) in [5.74, 6) is -1.13. The van der Waals surface area contributed by atoms with E-state index >= 15 is 0 Å². The molecule has 0 aliphatic rings. The van der Waals surface area contributed by atoms with E-state index in [1.807, 2.05) is 0 Å². The number of hydrogen-bond donors (Lipinski definition) is 1. The van der Waals surface area contributed by atoms with Crippen LogP contribution in [0.5, 0.6) is 11.5 Å². The van der Waals surface area contributed by atoms with Gasteiger partial charge in [-0.2, -0.15) is 0 Å². The van der Waals surface area contributed by atoms with E-state index in [0.29, 0.717) is 23.1 Å². The molecule has 0 bridgehead atoms. The Kier molecular flexibility index (Phi) is 5.79. The fourth-order valence-corrected chi connectivity index (χ4v) is 4.21. The van der Waals surface area contributed by atoms with Crippen LogP contribution in [0.25, 0.3) is 0 Å². The minimum atomic E-state index is -4.18. The maximum atomic E-state index is 13.8. The lowest BCUT2D eigenvalue weighted by Crippen LogP contribution is -2.24. The van der Waals surface area contributed by atoms with Gasteiger partial charge in [0.1, 0.15) is 16.5 Å². The number of rotatable bonds is 6. The molecule has 0 radical (unpaired) electrons. The van der Waals surface area contributed by atoms with Crippen molar-refractivity contribution in [2.75, 3.05) is 14.2 Å². The van der Waals surface area contributed by atoms with Gasteiger partial charge in [-0.05, 0) is 39.7 Å². The van der Waals surface area contributed by atoms with Gasteiger partial charge in [0, 0.05) is 17.1 Å². The lowest BCUT2D eigenvalue weighted by molar-refractivity contribution is 0.354. The highest BCUT2D eigenvalue weighted by atomic mass is 79.9. The van der Waals surface area contributed by atoms with Gasteiger partial charge in [-0.15, -0.1) is 0 Å². The van der Waals surface area contributed by atoms with Gasteiger partial charge < -0.3 is 9.47 Å². The summed E-state index contributed by atoms with van der Waals surface area (Å²) in [6, 6.07) is 6.25. The molecule has 24 heavy (non-hydrogen) atoms. The molecule has 0 fully saturated rings. The summed E-state index contributed by atoms with van der Waals surface area (Å²) in [6.07, 6.45) is 0. The highest BCUT2D eigenvalue weighted by Crippen LogP contribution is 2.29. The molecule has 0 aliphatic heterocycles. The second-order valence-corrected chi connectivity index (χ2v) is 7.27. The Bertz CT molecular complexity index is 836. The molecule has 5 nitrogen and oxygen atoms in total. The molecular weight excluding hydrogens is 408 g/mol. The van der Waals surface area contributed by atoms with Crippen molar-refractivity contribution in [1.82, 2.24) is 4.72 Å². The molecule has 9 heteroatoms. The molecule has 130 valence electrons. The monoisotopic (exact) mass is 421 g/mol. The van der Waals surface area contributed by atoms with Crippen LogP contribution in [0.2, 0.25) is 0 Å². The normalized spacial score (nSPS) is 11.4. The maximum absolute atomic E-state index is 13.8. The SMILES string of the molecule is COc1ccc(CNS(=O)(=O)c2c(F)cc(F)cc2Br)cc1OC. The smallest absolute Gasteiger partial charge is 0.244 e. The fourth-order valence-electron chi connectivity index (χ4n) is 2.03. The average molecular weight is 422 g/mol. The highest BCUT2D eigenvalue weighted by molar-refractivity contribution is 9.10. The molecule has 0 atom stereocenters. The number of sulfonamides is 1. The average Bonchev–Trinajstić information content (AvgIpc) is 2.51. The minimum Gasteiger partial charge on any atom is -0.493 e. The quantitative estimate of drug-likeness (QED) is 0.777.